The van der Waals surface area contributed by atoms with Gasteiger partial charge in [-0.15, -0.1) is 0 Å². The Labute approximate surface area is 225 Å². The van der Waals surface area contributed by atoms with Crippen LogP contribution in [0.1, 0.15) is 53.0 Å². The standard InChI is InChI=1S/C29H26ClN3O5/c1-4-38-29(37)20-8-6-10-23(16-20)33-27(35)24(30)25(28(33)36)31-22-9-5-7-19(15-22)26(34)32-21-13-11-18(12-14-21)17(2)3/h5-17,31H,4H2,1-3H3,(H,32,34). The molecule has 3 aromatic rings. The van der Waals surface area contributed by atoms with Crippen molar-refractivity contribution in [1.29, 1.82) is 0 Å². The van der Waals surface area contributed by atoms with Crippen molar-refractivity contribution >= 4 is 52.4 Å². The zero-order valence-electron chi connectivity index (χ0n) is 21.1. The number of ether oxygens (including phenoxy) is 1. The Bertz CT molecular complexity index is 1450. The Morgan fingerprint density at radius 1 is 0.895 bits per heavy atom. The van der Waals surface area contributed by atoms with Crippen molar-refractivity contribution < 1.29 is 23.9 Å². The van der Waals surface area contributed by atoms with Crippen LogP contribution in [0.3, 0.4) is 0 Å². The van der Waals surface area contributed by atoms with Crippen molar-refractivity contribution in [3.8, 4) is 0 Å². The summed E-state index contributed by atoms with van der Waals surface area (Å²) in [6, 6.07) is 20.1. The maximum Gasteiger partial charge on any atom is 0.338 e. The molecule has 0 spiro atoms. The average Bonchev–Trinajstić information content (AvgIpc) is 3.12. The number of imide groups is 1. The molecular formula is C29H26ClN3O5. The van der Waals surface area contributed by atoms with Crippen LogP contribution in [0.2, 0.25) is 0 Å². The number of hydrogen-bond acceptors (Lipinski definition) is 6. The van der Waals surface area contributed by atoms with E-state index in [1.54, 1.807) is 37.3 Å². The molecule has 1 aliphatic rings. The number of amides is 3. The van der Waals surface area contributed by atoms with E-state index in [0.29, 0.717) is 22.9 Å². The van der Waals surface area contributed by atoms with Crippen LogP contribution in [-0.2, 0) is 14.3 Å². The fraction of sp³-hybridized carbons (Fsp3) is 0.172. The molecule has 1 heterocycles. The smallest absolute Gasteiger partial charge is 0.338 e. The Morgan fingerprint density at radius 3 is 2.26 bits per heavy atom. The molecular weight excluding hydrogens is 506 g/mol. The summed E-state index contributed by atoms with van der Waals surface area (Å²) in [5.41, 5.74) is 2.79. The van der Waals surface area contributed by atoms with E-state index in [9.17, 15) is 19.2 Å². The van der Waals surface area contributed by atoms with Gasteiger partial charge in [-0.25, -0.2) is 9.69 Å². The summed E-state index contributed by atoms with van der Waals surface area (Å²) in [7, 11) is 0. The van der Waals surface area contributed by atoms with Crippen LogP contribution < -0.4 is 15.5 Å². The van der Waals surface area contributed by atoms with Gasteiger partial charge >= 0.3 is 5.97 Å². The van der Waals surface area contributed by atoms with E-state index in [0.717, 1.165) is 10.5 Å². The number of esters is 1. The van der Waals surface area contributed by atoms with Gasteiger partial charge in [-0.05, 0) is 66.9 Å². The molecule has 0 atom stereocenters. The first kappa shape index (κ1) is 26.6. The Morgan fingerprint density at radius 2 is 1.58 bits per heavy atom. The quantitative estimate of drug-likeness (QED) is 0.286. The third-order valence-electron chi connectivity index (χ3n) is 5.87. The number of hydrogen-bond donors (Lipinski definition) is 2. The van der Waals surface area contributed by atoms with Crippen molar-refractivity contribution in [3.63, 3.8) is 0 Å². The van der Waals surface area contributed by atoms with E-state index in [1.807, 2.05) is 24.3 Å². The fourth-order valence-electron chi connectivity index (χ4n) is 3.87. The summed E-state index contributed by atoms with van der Waals surface area (Å²) < 4.78 is 4.99. The molecule has 0 unspecified atom stereocenters. The number of carbonyl (C=O) groups is 4. The lowest BCUT2D eigenvalue weighted by atomic mass is 10.0. The monoisotopic (exact) mass is 531 g/mol. The Kier molecular flexibility index (Phi) is 7.93. The number of nitrogens with zero attached hydrogens (tertiary/aromatic N) is 1. The highest BCUT2D eigenvalue weighted by Crippen LogP contribution is 2.31. The molecule has 0 aliphatic carbocycles. The third-order valence-corrected chi connectivity index (χ3v) is 6.22. The molecule has 1 aliphatic heterocycles. The molecule has 0 fully saturated rings. The molecule has 3 aromatic carbocycles. The van der Waals surface area contributed by atoms with Gasteiger partial charge in [0.25, 0.3) is 17.7 Å². The number of halogens is 1. The predicted octanol–water partition coefficient (Wildman–Crippen LogP) is 5.67. The molecule has 38 heavy (non-hydrogen) atoms. The highest BCUT2D eigenvalue weighted by atomic mass is 35.5. The summed E-state index contributed by atoms with van der Waals surface area (Å²) >= 11 is 6.25. The van der Waals surface area contributed by atoms with Gasteiger partial charge in [0.15, 0.2) is 0 Å². The number of nitrogens with one attached hydrogen (secondary N) is 2. The second kappa shape index (κ2) is 11.3. The normalized spacial score (nSPS) is 13.2. The lowest BCUT2D eigenvalue weighted by Gasteiger charge is -2.16. The number of carbonyl (C=O) groups excluding carboxylic acids is 4. The molecule has 8 nitrogen and oxygen atoms in total. The average molecular weight is 532 g/mol. The van der Waals surface area contributed by atoms with E-state index in [-0.39, 0.29) is 34.5 Å². The molecule has 2 N–H and O–H groups in total. The van der Waals surface area contributed by atoms with Crippen molar-refractivity contribution in [3.05, 3.63) is 100 Å². The molecule has 0 bridgehead atoms. The van der Waals surface area contributed by atoms with Gasteiger partial charge in [0.1, 0.15) is 10.7 Å². The molecule has 0 saturated carbocycles. The summed E-state index contributed by atoms with van der Waals surface area (Å²) in [5, 5.41) is 5.41. The van der Waals surface area contributed by atoms with Crippen LogP contribution in [0.5, 0.6) is 0 Å². The van der Waals surface area contributed by atoms with Crippen LogP contribution in [0.4, 0.5) is 17.1 Å². The molecule has 9 heteroatoms. The lowest BCUT2D eigenvalue weighted by molar-refractivity contribution is -0.120. The topological polar surface area (TPSA) is 105 Å². The summed E-state index contributed by atoms with van der Waals surface area (Å²) in [6.07, 6.45) is 0. The second-order valence-corrected chi connectivity index (χ2v) is 9.22. The molecule has 4 rings (SSSR count). The SMILES string of the molecule is CCOC(=O)c1cccc(N2C(=O)C(Cl)=C(Nc3cccc(C(=O)Nc4ccc(C(C)C)cc4)c3)C2=O)c1. The molecule has 0 radical (unpaired) electrons. The highest BCUT2D eigenvalue weighted by molar-refractivity contribution is 6.53. The van der Waals surface area contributed by atoms with Crippen molar-refractivity contribution in [2.45, 2.75) is 26.7 Å². The van der Waals surface area contributed by atoms with E-state index in [1.165, 1.54) is 18.2 Å². The zero-order valence-corrected chi connectivity index (χ0v) is 21.8. The summed E-state index contributed by atoms with van der Waals surface area (Å²) in [4.78, 5) is 51.8. The first-order chi connectivity index (χ1) is 18.2. The maximum atomic E-state index is 13.2. The van der Waals surface area contributed by atoms with Gasteiger partial charge in [0, 0.05) is 16.9 Å². The first-order valence-corrected chi connectivity index (χ1v) is 12.4. The minimum absolute atomic E-state index is 0.139. The third kappa shape index (κ3) is 5.60. The second-order valence-electron chi connectivity index (χ2n) is 8.84. The first-order valence-electron chi connectivity index (χ1n) is 12.0. The van der Waals surface area contributed by atoms with Crippen LogP contribution in [0.15, 0.2) is 83.5 Å². The van der Waals surface area contributed by atoms with Gasteiger partial charge in [0.2, 0.25) is 0 Å². The van der Waals surface area contributed by atoms with Gasteiger partial charge in [-0.3, -0.25) is 14.4 Å². The van der Waals surface area contributed by atoms with Gasteiger partial charge in [-0.1, -0.05) is 49.7 Å². The number of benzene rings is 3. The van der Waals surface area contributed by atoms with E-state index in [2.05, 4.69) is 24.5 Å². The van der Waals surface area contributed by atoms with Crippen LogP contribution >= 0.6 is 11.6 Å². The van der Waals surface area contributed by atoms with Crippen LogP contribution in [-0.4, -0.2) is 30.3 Å². The largest absolute Gasteiger partial charge is 0.462 e. The van der Waals surface area contributed by atoms with E-state index >= 15 is 0 Å². The Balaban J connectivity index is 1.51. The van der Waals surface area contributed by atoms with E-state index < -0.39 is 17.8 Å². The van der Waals surface area contributed by atoms with Crippen molar-refractivity contribution in [2.24, 2.45) is 0 Å². The van der Waals surface area contributed by atoms with Crippen LogP contribution in [0, 0.1) is 0 Å². The van der Waals surface area contributed by atoms with Crippen molar-refractivity contribution in [1.82, 2.24) is 0 Å². The van der Waals surface area contributed by atoms with Crippen LogP contribution in [0.25, 0.3) is 0 Å². The summed E-state index contributed by atoms with van der Waals surface area (Å²) in [5.74, 6) is -1.96. The minimum atomic E-state index is -0.737. The van der Waals surface area contributed by atoms with E-state index in [4.69, 9.17) is 16.3 Å². The predicted molar refractivity (Wildman–Crippen MR) is 146 cm³/mol. The fourth-order valence-corrected chi connectivity index (χ4v) is 4.08. The number of rotatable bonds is 8. The van der Waals surface area contributed by atoms with Gasteiger partial charge < -0.3 is 15.4 Å². The zero-order chi connectivity index (χ0) is 27.4. The maximum absolute atomic E-state index is 13.2. The highest BCUT2D eigenvalue weighted by Gasteiger charge is 2.39. The lowest BCUT2D eigenvalue weighted by Crippen LogP contribution is -2.32. The van der Waals surface area contributed by atoms with Gasteiger partial charge in [-0.2, -0.15) is 0 Å². The van der Waals surface area contributed by atoms with Gasteiger partial charge in [0.05, 0.1) is 17.9 Å². The Hall–Kier alpha value is -4.43. The molecule has 0 saturated heterocycles. The molecule has 3 amide bonds. The molecule has 0 aromatic heterocycles. The summed E-state index contributed by atoms with van der Waals surface area (Å²) in [6.45, 7) is 6.06. The minimum Gasteiger partial charge on any atom is -0.462 e. The molecule has 194 valence electrons. The van der Waals surface area contributed by atoms with Crippen molar-refractivity contribution in [2.75, 3.05) is 22.1 Å². The number of anilines is 3.